The van der Waals surface area contributed by atoms with Crippen LogP contribution in [0.4, 0.5) is 0 Å². The van der Waals surface area contributed by atoms with Gasteiger partial charge in [0, 0.05) is 12.1 Å². The zero-order chi connectivity index (χ0) is 14.9. The van der Waals surface area contributed by atoms with Crippen LogP contribution in [0, 0.1) is 5.92 Å². The van der Waals surface area contributed by atoms with Crippen LogP contribution in [0.3, 0.4) is 0 Å². The summed E-state index contributed by atoms with van der Waals surface area (Å²) in [6.45, 7) is 6.31. The Hall–Kier alpha value is -1.88. The summed E-state index contributed by atoms with van der Waals surface area (Å²) in [6, 6.07) is 7.72. The molecule has 0 saturated carbocycles. The minimum absolute atomic E-state index is 0.0515. The molecule has 3 rings (SSSR count). The second-order valence-corrected chi connectivity index (χ2v) is 5.89. The van der Waals surface area contributed by atoms with Gasteiger partial charge in [-0.05, 0) is 31.0 Å². The highest BCUT2D eigenvalue weighted by atomic mass is 16.5. The van der Waals surface area contributed by atoms with Crippen molar-refractivity contribution in [2.45, 2.75) is 25.7 Å². The van der Waals surface area contributed by atoms with E-state index in [-0.39, 0.29) is 5.41 Å². The monoisotopic (exact) mass is 287 g/mol. The summed E-state index contributed by atoms with van der Waals surface area (Å²) in [5.41, 5.74) is 0.860. The zero-order valence-electron chi connectivity index (χ0n) is 12.7. The molecule has 0 spiro atoms. The number of ether oxygens (including phenoxy) is 1. The maximum atomic E-state index is 5.60. The lowest BCUT2D eigenvalue weighted by atomic mass is 9.76. The van der Waals surface area contributed by atoms with Gasteiger partial charge < -0.3 is 14.6 Å². The van der Waals surface area contributed by atoms with E-state index in [4.69, 9.17) is 9.26 Å². The largest absolute Gasteiger partial charge is 0.497 e. The van der Waals surface area contributed by atoms with Crippen molar-refractivity contribution >= 4 is 0 Å². The van der Waals surface area contributed by atoms with Crippen LogP contribution in [0.25, 0.3) is 11.4 Å². The van der Waals surface area contributed by atoms with Crippen LogP contribution in [0.1, 0.15) is 26.2 Å². The summed E-state index contributed by atoms with van der Waals surface area (Å²) >= 11 is 0. The Morgan fingerprint density at radius 2 is 2.24 bits per heavy atom. The maximum absolute atomic E-state index is 5.60. The van der Waals surface area contributed by atoms with Gasteiger partial charge in [0.05, 0.1) is 12.5 Å². The van der Waals surface area contributed by atoms with E-state index in [2.05, 4.69) is 29.3 Å². The lowest BCUT2D eigenvalue weighted by molar-refractivity contribution is 0.234. The van der Waals surface area contributed by atoms with Crippen LogP contribution >= 0.6 is 0 Å². The van der Waals surface area contributed by atoms with E-state index in [9.17, 15) is 0 Å². The molecule has 5 heteroatoms. The molecule has 1 N–H and O–H groups in total. The third kappa shape index (κ3) is 2.42. The molecule has 1 aromatic carbocycles. The van der Waals surface area contributed by atoms with Crippen molar-refractivity contribution in [3.05, 3.63) is 30.2 Å². The number of benzene rings is 1. The Kier molecular flexibility index (Phi) is 3.68. The van der Waals surface area contributed by atoms with Gasteiger partial charge in [-0.15, -0.1) is 0 Å². The Bertz CT molecular complexity index is 615. The van der Waals surface area contributed by atoms with Crippen molar-refractivity contribution < 1.29 is 9.26 Å². The van der Waals surface area contributed by atoms with Gasteiger partial charge in [0.15, 0.2) is 0 Å². The molecule has 0 bridgehead atoms. The van der Waals surface area contributed by atoms with Gasteiger partial charge in [-0.3, -0.25) is 0 Å². The Morgan fingerprint density at radius 1 is 1.38 bits per heavy atom. The first-order valence-corrected chi connectivity index (χ1v) is 7.35. The van der Waals surface area contributed by atoms with Gasteiger partial charge in [-0.1, -0.05) is 31.1 Å². The van der Waals surface area contributed by atoms with Crippen molar-refractivity contribution in [2.24, 2.45) is 5.92 Å². The average Bonchev–Trinajstić information content (AvgIpc) is 3.17. The van der Waals surface area contributed by atoms with Crippen LogP contribution in [0.15, 0.2) is 28.8 Å². The predicted molar refractivity (Wildman–Crippen MR) is 80.3 cm³/mol. The summed E-state index contributed by atoms with van der Waals surface area (Å²) < 4.78 is 10.8. The molecule has 1 saturated heterocycles. The highest BCUT2D eigenvalue weighted by molar-refractivity contribution is 5.57. The van der Waals surface area contributed by atoms with Crippen molar-refractivity contribution in [3.63, 3.8) is 0 Å². The van der Waals surface area contributed by atoms with Gasteiger partial charge in [-0.2, -0.15) is 4.98 Å². The van der Waals surface area contributed by atoms with Crippen LogP contribution in [-0.4, -0.2) is 30.3 Å². The molecule has 1 atom stereocenters. The van der Waals surface area contributed by atoms with Gasteiger partial charge >= 0.3 is 0 Å². The molecule has 1 aliphatic rings. The third-order valence-electron chi connectivity index (χ3n) is 4.47. The minimum atomic E-state index is -0.0515. The van der Waals surface area contributed by atoms with Gasteiger partial charge in [0.25, 0.3) is 0 Å². The molecule has 0 aliphatic carbocycles. The second-order valence-electron chi connectivity index (χ2n) is 5.89. The van der Waals surface area contributed by atoms with Gasteiger partial charge in [0.1, 0.15) is 5.75 Å². The lowest BCUT2D eigenvalue weighted by Gasteiger charge is -2.27. The van der Waals surface area contributed by atoms with Crippen LogP contribution in [0.5, 0.6) is 5.75 Å². The van der Waals surface area contributed by atoms with Crippen LogP contribution < -0.4 is 10.1 Å². The van der Waals surface area contributed by atoms with E-state index in [0.717, 1.165) is 36.7 Å². The molecule has 5 nitrogen and oxygen atoms in total. The Morgan fingerprint density at radius 3 is 2.90 bits per heavy atom. The van der Waals surface area contributed by atoms with E-state index in [1.807, 2.05) is 24.3 Å². The summed E-state index contributed by atoms with van der Waals surface area (Å²) in [7, 11) is 1.65. The molecule has 0 radical (unpaired) electrons. The molecule has 2 aromatic rings. The first-order valence-electron chi connectivity index (χ1n) is 7.35. The number of aromatic nitrogens is 2. The molecule has 21 heavy (non-hydrogen) atoms. The zero-order valence-corrected chi connectivity index (χ0v) is 12.7. The first kappa shape index (κ1) is 14.1. The second kappa shape index (κ2) is 5.48. The minimum Gasteiger partial charge on any atom is -0.497 e. The molecular weight excluding hydrogens is 266 g/mol. The van der Waals surface area contributed by atoms with Crippen LogP contribution in [-0.2, 0) is 5.41 Å². The predicted octanol–water partition coefficient (Wildman–Crippen LogP) is 2.63. The number of nitrogens with zero attached hydrogens (tertiary/aromatic N) is 2. The fraction of sp³-hybridized carbons (Fsp3) is 0.500. The van der Waals surface area contributed by atoms with Crippen molar-refractivity contribution in [3.8, 4) is 17.1 Å². The number of rotatable bonds is 4. The van der Waals surface area contributed by atoms with Gasteiger partial charge in [0.2, 0.25) is 11.7 Å². The summed E-state index contributed by atoms with van der Waals surface area (Å²) in [6.07, 6.45) is 1.03. The van der Waals surface area contributed by atoms with E-state index >= 15 is 0 Å². The fourth-order valence-electron chi connectivity index (χ4n) is 2.94. The molecule has 0 amide bonds. The summed E-state index contributed by atoms with van der Waals surface area (Å²) in [5, 5.41) is 7.58. The molecule has 1 unspecified atom stereocenters. The highest BCUT2D eigenvalue weighted by Crippen LogP contribution is 2.37. The summed E-state index contributed by atoms with van der Waals surface area (Å²) in [4.78, 5) is 4.66. The normalized spacial score (nSPS) is 21.9. The third-order valence-corrected chi connectivity index (χ3v) is 4.47. The quantitative estimate of drug-likeness (QED) is 0.936. The number of hydrogen-bond acceptors (Lipinski definition) is 5. The SMILES string of the molecule is COc1cccc(-c2noc(C3(C(C)C)CCNC3)n2)c1. The highest BCUT2D eigenvalue weighted by Gasteiger charge is 2.43. The number of hydrogen-bond donors (Lipinski definition) is 1. The van der Waals surface area contributed by atoms with E-state index in [0.29, 0.717) is 11.7 Å². The molecule has 1 aliphatic heterocycles. The number of methoxy groups -OCH3 is 1. The smallest absolute Gasteiger partial charge is 0.234 e. The van der Waals surface area contributed by atoms with E-state index < -0.39 is 0 Å². The van der Waals surface area contributed by atoms with Crippen molar-refractivity contribution in [1.29, 1.82) is 0 Å². The standard InChI is InChI=1S/C16H21N3O2/c1-11(2)16(7-8-17-10-16)15-18-14(19-21-15)12-5-4-6-13(9-12)20-3/h4-6,9,11,17H,7-8,10H2,1-3H3. The fourth-order valence-corrected chi connectivity index (χ4v) is 2.94. The van der Waals surface area contributed by atoms with E-state index in [1.54, 1.807) is 7.11 Å². The summed E-state index contributed by atoms with van der Waals surface area (Å²) in [5.74, 6) is 2.60. The molecule has 1 aromatic heterocycles. The molecule has 1 fully saturated rings. The number of nitrogens with one attached hydrogen (secondary N) is 1. The average molecular weight is 287 g/mol. The molecular formula is C16H21N3O2. The maximum Gasteiger partial charge on any atom is 0.234 e. The Labute approximate surface area is 124 Å². The van der Waals surface area contributed by atoms with Crippen LogP contribution in [0.2, 0.25) is 0 Å². The molecule has 112 valence electrons. The van der Waals surface area contributed by atoms with Gasteiger partial charge in [-0.25, -0.2) is 0 Å². The molecule has 2 heterocycles. The van der Waals surface area contributed by atoms with E-state index in [1.165, 1.54) is 0 Å². The lowest BCUT2D eigenvalue weighted by Crippen LogP contribution is -2.35. The van der Waals surface area contributed by atoms with Crippen molar-refractivity contribution in [2.75, 3.05) is 20.2 Å². The topological polar surface area (TPSA) is 60.2 Å². The van der Waals surface area contributed by atoms with Crippen molar-refractivity contribution in [1.82, 2.24) is 15.5 Å². The first-order chi connectivity index (χ1) is 10.2. The Balaban J connectivity index is 1.95.